The summed E-state index contributed by atoms with van der Waals surface area (Å²) in [7, 11) is 0. The van der Waals surface area contributed by atoms with E-state index in [4.69, 9.17) is 37.4 Å². The number of nitrogens with one attached hydrogen (secondary N) is 1. The maximum Gasteiger partial charge on any atom is 0.344 e. The molecule has 0 saturated heterocycles. The number of esters is 2. The van der Waals surface area contributed by atoms with Crippen molar-refractivity contribution in [2.24, 2.45) is 0 Å². The molecule has 168 valence electrons. The number of phenolic OH excluding ortho intramolecular Hbond substituents is 1. The number of carbonyl (C=O) groups is 2. The van der Waals surface area contributed by atoms with Crippen LogP contribution in [-0.2, 0) is 20.8 Å². The quantitative estimate of drug-likeness (QED) is 0.512. The van der Waals surface area contributed by atoms with Gasteiger partial charge in [-0.3, -0.25) is 0 Å². The first-order chi connectivity index (χ1) is 14.5. The highest BCUT2D eigenvalue weighted by Crippen LogP contribution is 2.32. The summed E-state index contributed by atoms with van der Waals surface area (Å²) in [5.74, 6) is -1.07. The van der Waals surface area contributed by atoms with Gasteiger partial charge in [0, 0.05) is 28.9 Å². The van der Waals surface area contributed by atoms with E-state index < -0.39 is 17.5 Å². The largest absolute Gasteiger partial charge is 0.506 e. The SMILES string of the molecule is CCOC(=O)COc1cc(NCc2cc(Cl)cc(Cl)c2O)ccc1C(=O)OC(C)(C)C. The maximum absolute atomic E-state index is 12.6. The van der Waals surface area contributed by atoms with Gasteiger partial charge in [-0.2, -0.15) is 0 Å². The molecule has 0 bridgehead atoms. The minimum Gasteiger partial charge on any atom is -0.506 e. The number of rotatable bonds is 8. The van der Waals surface area contributed by atoms with Gasteiger partial charge in [0.1, 0.15) is 22.7 Å². The van der Waals surface area contributed by atoms with Crippen molar-refractivity contribution in [1.29, 1.82) is 0 Å². The molecule has 0 aromatic heterocycles. The molecular weight excluding hydrogens is 445 g/mol. The Morgan fingerprint density at radius 2 is 1.84 bits per heavy atom. The number of ether oxygens (including phenoxy) is 3. The molecule has 0 spiro atoms. The number of benzene rings is 2. The summed E-state index contributed by atoms with van der Waals surface area (Å²) in [6.45, 7) is 7.00. The monoisotopic (exact) mass is 469 g/mol. The van der Waals surface area contributed by atoms with Crippen LogP contribution in [0.2, 0.25) is 10.0 Å². The summed E-state index contributed by atoms with van der Waals surface area (Å²) < 4.78 is 15.8. The lowest BCUT2D eigenvalue weighted by atomic mass is 10.1. The van der Waals surface area contributed by atoms with Crippen molar-refractivity contribution in [2.45, 2.75) is 39.8 Å². The van der Waals surface area contributed by atoms with E-state index in [1.807, 2.05) is 0 Å². The zero-order valence-electron chi connectivity index (χ0n) is 17.8. The Bertz CT molecular complexity index is 956. The lowest BCUT2D eigenvalue weighted by Crippen LogP contribution is -2.24. The number of aromatic hydroxyl groups is 1. The first-order valence-electron chi connectivity index (χ1n) is 9.56. The van der Waals surface area contributed by atoms with Crippen molar-refractivity contribution in [3.05, 3.63) is 51.5 Å². The molecule has 9 heteroatoms. The Morgan fingerprint density at radius 1 is 1.13 bits per heavy atom. The molecule has 0 fully saturated rings. The van der Waals surface area contributed by atoms with Gasteiger partial charge in [0.2, 0.25) is 0 Å². The Balaban J connectivity index is 2.25. The third kappa shape index (κ3) is 7.52. The summed E-state index contributed by atoms with van der Waals surface area (Å²) in [6.07, 6.45) is 0. The number of carbonyl (C=O) groups excluding carboxylic acids is 2. The van der Waals surface area contributed by atoms with Crippen LogP contribution in [0.25, 0.3) is 0 Å². The molecule has 2 aromatic carbocycles. The normalized spacial score (nSPS) is 11.0. The topological polar surface area (TPSA) is 94.1 Å². The molecule has 2 rings (SSSR count). The highest BCUT2D eigenvalue weighted by molar-refractivity contribution is 6.35. The predicted octanol–water partition coefficient (Wildman–Crippen LogP) is 5.21. The zero-order valence-corrected chi connectivity index (χ0v) is 19.3. The second-order valence-corrected chi connectivity index (χ2v) is 8.40. The summed E-state index contributed by atoms with van der Waals surface area (Å²) in [5, 5.41) is 13.7. The van der Waals surface area contributed by atoms with Crippen molar-refractivity contribution in [2.75, 3.05) is 18.5 Å². The van der Waals surface area contributed by atoms with Gasteiger partial charge in [0.25, 0.3) is 0 Å². The fourth-order valence-electron chi connectivity index (χ4n) is 2.54. The van der Waals surface area contributed by atoms with E-state index >= 15 is 0 Å². The van der Waals surface area contributed by atoms with E-state index in [2.05, 4.69) is 5.32 Å². The van der Waals surface area contributed by atoms with Gasteiger partial charge in [0.05, 0.1) is 11.6 Å². The van der Waals surface area contributed by atoms with Crippen molar-refractivity contribution < 1.29 is 28.9 Å². The Morgan fingerprint density at radius 3 is 2.48 bits per heavy atom. The van der Waals surface area contributed by atoms with E-state index in [9.17, 15) is 14.7 Å². The fraction of sp³-hybridized carbons (Fsp3) is 0.364. The van der Waals surface area contributed by atoms with E-state index in [0.29, 0.717) is 16.3 Å². The molecule has 2 N–H and O–H groups in total. The number of anilines is 1. The second-order valence-electron chi connectivity index (χ2n) is 7.56. The molecule has 0 aliphatic rings. The Labute approximate surface area is 191 Å². The van der Waals surface area contributed by atoms with E-state index in [-0.39, 0.29) is 41.8 Å². The standard InChI is InChI=1S/C22H25Cl2NO6/c1-5-29-19(26)12-30-18-10-15(6-7-16(18)21(28)31-22(2,3)4)25-11-13-8-14(23)9-17(24)20(13)27/h6-10,25,27H,5,11-12H2,1-4H3. The Kier molecular flexibility index (Phi) is 8.42. The van der Waals surface area contributed by atoms with Gasteiger partial charge in [-0.15, -0.1) is 0 Å². The van der Waals surface area contributed by atoms with E-state index in [1.54, 1.807) is 45.9 Å². The molecule has 0 unspecified atom stereocenters. The van der Waals surface area contributed by atoms with Gasteiger partial charge >= 0.3 is 11.9 Å². The molecule has 0 atom stereocenters. The van der Waals surface area contributed by atoms with Crippen LogP contribution in [0.1, 0.15) is 43.6 Å². The highest BCUT2D eigenvalue weighted by atomic mass is 35.5. The average molecular weight is 470 g/mol. The zero-order chi connectivity index (χ0) is 23.2. The Hall–Kier alpha value is -2.64. The van der Waals surface area contributed by atoms with Crippen LogP contribution < -0.4 is 10.1 Å². The van der Waals surface area contributed by atoms with Crippen LogP contribution in [0.15, 0.2) is 30.3 Å². The second kappa shape index (κ2) is 10.6. The van der Waals surface area contributed by atoms with E-state index in [0.717, 1.165) is 0 Å². The minimum atomic E-state index is -0.699. The van der Waals surface area contributed by atoms with Crippen molar-refractivity contribution >= 4 is 40.8 Å². The van der Waals surface area contributed by atoms with Gasteiger partial charge in [-0.05, 0) is 52.0 Å². The van der Waals surface area contributed by atoms with Crippen LogP contribution in [0.4, 0.5) is 5.69 Å². The predicted molar refractivity (Wildman–Crippen MR) is 119 cm³/mol. The summed E-state index contributed by atoms with van der Waals surface area (Å²) in [5.41, 5.74) is 0.526. The van der Waals surface area contributed by atoms with Crippen LogP contribution in [0, 0.1) is 0 Å². The average Bonchev–Trinajstić information content (AvgIpc) is 2.67. The fourth-order valence-corrected chi connectivity index (χ4v) is 3.08. The molecule has 2 aromatic rings. The number of hydrogen-bond donors (Lipinski definition) is 2. The summed E-state index contributed by atoms with van der Waals surface area (Å²) in [4.78, 5) is 24.3. The minimum absolute atomic E-state index is 0.0808. The molecule has 31 heavy (non-hydrogen) atoms. The number of phenols is 1. The van der Waals surface area contributed by atoms with Gasteiger partial charge in [-0.1, -0.05) is 23.2 Å². The number of hydrogen-bond acceptors (Lipinski definition) is 7. The first-order valence-corrected chi connectivity index (χ1v) is 10.3. The third-order valence-electron chi connectivity index (χ3n) is 3.84. The van der Waals surface area contributed by atoms with Gasteiger partial charge in [0.15, 0.2) is 6.61 Å². The molecule has 0 radical (unpaired) electrons. The van der Waals surface area contributed by atoms with Crippen molar-refractivity contribution in [1.82, 2.24) is 0 Å². The van der Waals surface area contributed by atoms with Gasteiger partial charge in [-0.25, -0.2) is 9.59 Å². The smallest absolute Gasteiger partial charge is 0.344 e. The third-order valence-corrected chi connectivity index (χ3v) is 4.35. The molecular formula is C22H25Cl2NO6. The molecule has 7 nitrogen and oxygen atoms in total. The molecule has 0 amide bonds. The lowest BCUT2D eigenvalue weighted by Gasteiger charge is -2.21. The van der Waals surface area contributed by atoms with Crippen molar-refractivity contribution in [3.8, 4) is 11.5 Å². The molecule has 0 saturated carbocycles. The first kappa shape index (κ1) is 24.6. The number of halogens is 2. The van der Waals surface area contributed by atoms with Gasteiger partial charge < -0.3 is 24.6 Å². The van der Waals surface area contributed by atoms with Crippen LogP contribution in [0.5, 0.6) is 11.5 Å². The van der Waals surface area contributed by atoms with Crippen LogP contribution in [-0.4, -0.2) is 35.9 Å². The summed E-state index contributed by atoms with van der Waals surface area (Å²) in [6, 6.07) is 7.77. The molecule has 0 heterocycles. The lowest BCUT2D eigenvalue weighted by molar-refractivity contribution is -0.145. The molecule has 0 aliphatic heterocycles. The van der Waals surface area contributed by atoms with E-state index in [1.165, 1.54) is 12.1 Å². The van der Waals surface area contributed by atoms with Crippen LogP contribution >= 0.6 is 23.2 Å². The summed E-state index contributed by atoms with van der Waals surface area (Å²) >= 11 is 11.9. The maximum atomic E-state index is 12.6. The highest BCUT2D eigenvalue weighted by Gasteiger charge is 2.22. The van der Waals surface area contributed by atoms with Crippen LogP contribution in [0.3, 0.4) is 0 Å². The molecule has 0 aliphatic carbocycles. The van der Waals surface area contributed by atoms with Crippen molar-refractivity contribution in [3.63, 3.8) is 0 Å².